The Bertz CT molecular complexity index is 445. The third-order valence-corrected chi connectivity index (χ3v) is 3.85. The van der Waals surface area contributed by atoms with Crippen LogP contribution in [-0.4, -0.2) is 50.5 Å². The van der Waals surface area contributed by atoms with Gasteiger partial charge in [0.05, 0.1) is 18.1 Å². The van der Waals surface area contributed by atoms with Crippen molar-refractivity contribution in [3.8, 4) is 5.75 Å². The molecule has 1 aromatic rings. The van der Waals surface area contributed by atoms with Crippen LogP contribution in [0.4, 0.5) is 0 Å². The SMILES string of the molecule is COc1ccc(CC(=O)CN2CCNCC2)cc1Br. The maximum absolute atomic E-state index is 12.0. The molecular weight excluding hydrogens is 308 g/mol. The molecule has 1 aliphatic heterocycles. The van der Waals surface area contributed by atoms with E-state index >= 15 is 0 Å². The first-order chi connectivity index (χ1) is 9.19. The Balaban J connectivity index is 1.89. The molecular formula is C14H19BrN2O2. The van der Waals surface area contributed by atoms with Crippen LogP contribution in [0.15, 0.2) is 22.7 Å². The Morgan fingerprint density at radius 1 is 1.42 bits per heavy atom. The number of piperazine rings is 1. The Morgan fingerprint density at radius 2 is 2.16 bits per heavy atom. The lowest BCUT2D eigenvalue weighted by molar-refractivity contribution is -0.119. The smallest absolute Gasteiger partial charge is 0.151 e. The number of Topliss-reactive ketones (excluding diaryl/α,β-unsaturated/α-hetero) is 1. The van der Waals surface area contributed by atoms with E-state index in [2.05, 4.69) is 26.1 Å². The number of ether oxygens (including phenoxy) is 1. The van der Waals surface area contributed by atoms with Crippen LogP contribution in [0.3, 0.4) is 0 Å². The molecule has 0 spiro atoms. The Hall–Kier alpha value is -0.910. The van der Waals surface area contributed by atoms with Crippen molar-refractivity contribution in [3.05, 3.63) is 28.2 Å². The monoisotopic (exact) mass is 326 g/mol. The number of hydrogen-bond donors (Lipinski definition) is 1. The normalized spacial score (nSPS) is 16.3. The van der Waals surface area contributed by atoms with Crippen LogP contribution < -0.4 is 10.1 Å². The van der Waals surface area contributed by atoms with Gasteiger partial charge >= 0.3 is 0 Å². The summed E-state index contributed by atoms with van der Waals surface area (Å²) in [7, 11) is 1.63. The number of halogens is 1. The molecule has 0 bridgehead atoms. The zero-order chi connectivity index (χ0) is 13.7. The van der Waals surface area contributed by atoms with E-state index in [9.17, 15) is 4.79 Å². The number of hydrogen-bond acceptors (Lipinski definition) is 4. The summed E-state index contributed by atoms with van der Waals surface area (Å²) in [5.41, 5.74) is 1.02. The van der Waals surface area contributed by atoms with E-state index in [1.165, 1.54) is 0 Å². The molecule has 104 valence electrons. The summed E-state index contributed by atoms with van der Waals surface area (Å²) < 4.78 is 6.07. The highest BCUT2D eigenvalue weighted by atomic mass is 79.9. The minimum absolute atomic E-state index is 0.263. The van der Waals surface area contributed by atoms with Gasteiger partial charge in [-0.3, -0.25) is 9.69 Å². The van der Waals surface area contributed by atoms with Gasteiger partial charge in [0.1, 0.15) is 5.75 Å². The van der Waals surface area contributed by atoms with Crippen molar-refractivity contribution in [1.29, 1.82) is 0 Å². The number of rotatable bonds is 5. The summed E-state index contributed by atoms with van der Waals surface area (Å²) in [5.74, 6) is 1.05. The van der Waals surface area contributed by atoms with Gasteiger partial charge in [0.25, 0.3) is 0 Å². The lowest BCUT2D eigenvalue weighted by Crippen LogP contribution is -2.45. The van der Waals surface area contributed by atoms with Crippen LogP contribution in [0.25, 0.3) is 0 Å². The molecule has 1 fully saturated rings. The van der Waals surface area contributed by atoms with Crippen LogP contribution in [0.2, 0.25) is 0 Å². The summed E-state index contributed by atoms with van der Waals surface area (Å²) in [6, 6.07) is 5.78. The molecule has 1 aliphatic rings. The quantitative estimate of drug-likeness (QED) is 0.889. The van der Waals surface area contributed by atoms with Crippen molar-refractivity contribution < 1.29 is 9.53 Å². The number of carbonyl (C=O) groups excluding carboxylic acids is 1. The maximum atomic E-state index is 12.0. The van der Waals surface area contributed by atoms with E-state index < -0.39 is 0 Å². The topological polar surface area (TPSA) is 41.6 Å². The Morgan fingerprint density at radius 3 is 2.79 bits per heavy atom. The molecule has 1 N–H and O–H groups in total. The third kappa shape index (κ3) is 4.30. The fourth-order valence-corrected chi connectivity index (χ4v) is 2.81. The van der Waals surface area contributed by atoms with Gasteiger partial charge in [-0.25, -0.2) is 0 Å². The van der Waals surface area contributed by atoms with Crippen molar-refractivity contribution in [2.45, 2.75) is 6.42 Å². The van der Waals surface area contributed by atoms with Gasteiger partial charge in [0, 0.05) is 32.6 Å². The highest BCUT2D eigenvalue weighted by molar-refractivity contribution is 9.10. The molecule has 0 radical (unpaired) electrons. The van der Waals surface area contributed by atoms with Gasteiger partial charge in [0.15, 0.2) is 5.78 Å². The van der Waals surface area contributed by atoms with E-state index in [1.54, 1.807) is 7.11 Å². The summed E-state index contributed by atoms with van der Waals surface area (Å²) >= 11 is 3.44. The standard InChI is InChI=1S/C14H19BrN2O2/c1-19-14-3-2-11(9-13(14)15)8-12(18)10-17-6-4-16-5-7-17/h2-3,9,16H,4-8,10H2,1H3. The predicted octanol–water partition coefficient (Wildman–Crippen LogP) is 1.47. The van der Waals surface area contributed by atoms with E-state index in [4.69, 9.17) is 4.74 Å². The molecule has 0 unspecified atom stereocenters. The maximum Gasteiger partial charge on any atom is 0.151 e. The second-order valence-corrected chi connectivity index (χ2v) is 5.56. The van der Waals surface area contributed by atoms with Crippen LogP contribution in [0.5, 0.6) is 5.75 Å². The largest absolute Gasteiger partial charge is 0.496 e. The second kappa shape index (κ2) is 7.03. The molecule has 19 heavy (non-hydrogen) atoms. The number of nitrogens with zero attached hydrogens (tertiary/aromatic N) is 1. The number of benzene rings is 1. The highest BCUT2D eigenvalue weighted by Crippen LogP contribution is 2.25. The number of nitrogens with one attached hydrogen (secondary N) is 1. The molecule has 0 aromatic heterocycles. The van der Waals surface area contributed by atoms with E-state index in [0.717, 1.165) is 42.0 Å². The molecule has 4 nitrogen and oxygen atoms in total. The van der Waals surface area contributed by atoms with Crippen LogP contribution in [-0.2, 0) is 11.2 Å². The first-order valence-electron chi connectivity index (χ1n) is 6.46. The lowest BCUT2D eigenvalue weighted by Gasteiger charge is -2.26. The fraction of sp³-hybridized carbons (Fsp3) is 0.500. The van der Waals surface area contributed by atoms with Gasteiger partial charge in [0.2, 0.25) is 0 Å². The molecule has 2 rings (SSSR count). The fourth-order valence-electron chi connectivity index (χ4n) is 2.22. The van der Waals surface area contributed by atoms with Crippen molar-refractivity contribution in [1.82, 2.24) is 10.2 Å². The average molecular weight is 327 g/mol. The summed E-state index contributed by atoms with van der Waals surface area (Å²) in [4.78, 5) is 14.2. The molecule has 5 heteroatoms. The Labute approximate surface area is 122 Å². The molecule has 0 atom stereocenters. The van der Waals surface area contributed by atoms with Crippen LogP contribution >= 0.6 is 15.9 Å². The van der Waals surface area contributed by atoms with Crippen molar-refractivity contribution in [3.63, 3.8) is 0 Å². The molecule has 0 aliphatic carbocycles. The number of carbonyl (C=O) groups is 1. The van der Waals surface area contributed by atoms with Crippen molar-refractivity contribution in [2.24, 2.45) is 0 Å². The zero-order valence-corrected chi connectivity index (χ0v) is 12.7. The van der Waals surface area contributed by atoms with Gasteiger partial charge in [-0.2, -0.15) is 0 Å². The average Bonchev–Trinajstić information content (AvgIpc) is 2.40. The van der Waals surface area contributed by atoms with Crippen molar-refractivity contribution in [2.75, 3.05) is 39.8 Å². The van der Waals surface area contributed by atoms with Gasteiger partial charge < -0.3 is 10.1 Å². The minimum Gasteiger partial charge on any atom is -0.496 e. The predicted molar refractivity (Wildman–Crippen MR) is 78.7 cm³/mol. The zero-order valence-electron chi connectivity index (χ0n) is 11.1. The number of methoxy groups -OCH3 is 1. The van der Waals surface area contributed by atoms with Gasteiger partial charge in [-0.1, -0.05) is 6.07 Å². The first kappa shape index (κ1) is 14.5. The lowest BCUT2D eigenvalue weighted by atomic mass is 10.1. The summed E-state index contributed by atoms with van der Waals surface area (Å²) in [5, 5.41) is 3.28. The molecule has 1 saturated heterocycles. The van der Waals surface area contributed by atoms with Gasteiger partial charge in [-0.05, 0) is 33.6 Å². The van der Waals surface area contributed by atoms with Crippen LogP contribution in [0.1, 0.15) is 5.56 Å². The van der Waals surface area contributed by atoms with E-state index in [0.29, 0.717) is 13.0 Å². The molecule has 0 amide bonds. The highest BCUT2D eigenvalue weighted by Gasteiger charge is 2.14. The Kier molecular flexibility index (Phi) is 5.36. The van der Waals surface area contributed by atoms with E-state index in [-0.39, 0.29) is 5.78 Å². The van der Waals surface area contributed by atoms with Crippen LogP contribution in [0, 0.1) is 0 Å². The second-order valence-electron chi connectivity index (χ2n) is 4.71. The molecule has 1 aromatic carbocycles. The summed E-state index contributed by atoms with van der Waals surface area (Å²) in [6.45, 7) is 4.41. The minimum atomic E-state index is 0.263. The van der Waals surface area contributed by atoms with Crippen molar-refractivity contribution >= 4 is 21.7 Å². The third-order valence-electron chi connectivity index (χ3n) is 3.23. The molecule has 0 saturated carbocycles. The molecule has 1 heterocycles. The van der Waals surface area contributed by atoms with E-state index in [1.807, 2.05) is 18.2 Å². The number of ketones is 1. The summed E-state index contributed by atoms with van der Waals surface area (Å²) in [6.07, 6.45) is 0.479. The first-order valence-corrected chi connectivity index (χ1v) is 7.25. The van der Waals surface area contributed by atoms with Gasteiger partial charge in [-0.15, -0.1) is 0 Å².